The van der Waals surface area contributed by atoms with Gasteiger partial charge in [0, 0.05) is 17.9 Å². The van der Waals surface area contributed by atoms with Crippen LogP contribution in [0, 0.1) is 0 Å². The smallest absolute Gasteiger partial charge is 0.478 e. The largest absolute Gasteiger partial charge is 0.490 e. The number of aromatic nitrogens is 1. The molecule has 5 nitrogen and oxygen atoms in total. The first-order valence-corrected chi connectivity index (χ1v) is 3.16. The molecule has 0 aliphatic heterocycles. The SMILES string of the molecule is O=C(O)c1ccncc1B(O)O. The second-order valence-corrected chi connectivity index (χ2v) is 2.14. The Morgan fingerprint density at radius 3 is 2.58 bits per heavy atom. The summed E-state index contributed by atoms with van der Waals surface area (Å²) in [5, 5.41) is 26.0. The van der Waals surface area contributed by atoms with Crippen LogP contribution in [0.4, 0.5) is 0 Å². The van der Waals surface area contributed by atoms with Gasteiger partial charge in [0.25, 0.3) is 0 Å². The Labute approximate surface area is 68.5 Å². The third kappa shape index (κ3) is 1.61. The Bertz CT molecular complexity index is 301. The molecule has 0 saturated heterocycles. The van der Waals surface area contributed by atoms with E-state index in [9.17, 15) is 4.79 Å². The Kier molecular flexibility index (Phi) is 2.42. The minimum absolute atomic E-state index is 0.106. The number of hydrogen-bond donors (Lipinski definition) is 3. The molecule has 0 spiro atoms. The van der Waals surface area contributed by atoms with Crippen molar-refractivity contribution in [2.45, 2.75) is 0 Å². The second kappa shape index (κ2) is 3.33. The van der Waals surface area contributed by atoms with Crippen LogP contribution in [0.3, 0.4) is 0 Å². The quantitative estimate of drug-likeness (QED) is 0.464. The van der Waals surface area contributed by atoms with Crippen LogP contribution in [0.25, 0.3) is 0 Å². The summed E-state index contributed by atoms with van der Waals surface area (Å²) in [4.78, 5) is 14.0. The summed E-state index contributed by atoms with van der Waals surface area (Å²) < 4.78 is 0. The third-order valence-electron chi connectivity index (χ3n) is 1.36. The maximum Gasteiger partial charge on any atom is 0.490 e. The maximum absolute atomic E-state index is 10.5. The molecular weight excluding hydrogens is 161 g/mol. The van der Waals surface area contributed by atoms with E-state index in [2.05, 4.69) is 4.98 Å². The molecule has 0 unspecified atom stereocenters. The summed E-state index contributed by atoms with van der Waals surface area (Å²) in [5.41, 5.74) is -0.259. The summed E-state index contributed by atoms with van der Waals surface area (Å²) in [6, 6.07) is 1.21. The normalized spacial score (nSPS) is 9.50. The number of carboxylic acids is 1. The fraction of sp³-hybridized carbons (Fsp3) is 0. The predicted octanol–water partition coefficient (Wildman–Crippen LogP) is -1.54. The van der Waals surface area contributed by atoms with Crippen LogP contribution in [0.5, 0.6) is 0 Å². The zero-order chi connectivity index (χ0) is 9.14. The van der Waals surface area contributed by atoms with Crippen molar-refractivity contribution in [1.82, 2.24) is 4.98 Å². The molecule has 3 N–H and O–H groups in total. The molecule has 0 fully saturated rings. The van der Waals surface area contributed by atoms with Crippen molar-refractivity contribution >= 4 is 18.6 Å². The number of pyridine rings is 1. The summed E-state index contributed by atoms with van der Waals surface area (Å²) in [6.45, 7) is 0. The fourth-order valence-electron chi connectivity index (χ4n) is 0.807. The minimum atomic E-state index is -1.80. The molecule has 1 heterocycles. The third-order valence-corrected chi connectivity index (χ3v) is 1.36. The Morgan fingerprint density at radius 1 is 1.50 bits per heavy atom. The topological polar surface area (TPSA) is 90.7 Å². The molecule has 0 aromatic carbocycles. The molecule has 0 bridgehead atoms. The van der Waals surface area contributed by atoms with Crippen molar-refractivity contribution in [1.29, 1.82) is 0 Å². The average Bonchev–Trinajstić information content (AvgIpc) is 2.04. The van der Waals surface area contributed by atoms with Crippen molar-refractivity contribution < 1.29 is 19.9 Å². The number of rotatable bonds is 2. The standard InChI is InChI=1S/C6H6BNO4/c9-6(10)4-1-2-8-3-5(4)7(11)12/h1-3,11-12H,(H,9,10). The van der Waals surface area contributed by atoms with Gasteiger partial charge in [-0.25, -0.2) is 4.79 Å². The van der Waals surface area contributed by atoms with Gasteiger partial charge in [-0.1, -0.05) is 0 Å². The van der Waals surface area contributed by atoms with E-state index in [0.29, 0.717) is 0 Å². The molecule has 0 radical (unpaired) electrons. The van der Waals surface area contributed by atoms with Gasteiger partial charge in [0.1, 0.15) is 0 Å². The zero-order valence-electron chi connectivity index (χ0n) is 6.01. The Hall–Kier alpha value is -1.40. The fourth-order valence-corrected chi connectivity index (χ4v) is 0.807. The van der Waals surface area contributed by atoms with Crippen LogP contribution in [-0.2, 0) is 0 Å². The van der Waals surface area contributed by atoms with E-state index in [1.54, 1.807) is 0 Å². The average molecular weight is 167 g/mol. The van der Waals surface area contributed by atoms with E-state index in [0.717, 1.165) is 6.20 Å². The van der Waals surface area contributed by atoms with Crippen molar-refractivity contribution in [3.05, 3.63) is 24.0 Å². The highest BCUT2D eigenvalue weighted by atomic mass is 16.4. The van der Waals surface area contributed by atoms with Gasteiger partial charge in [0.2, 0.25) is 0 Å². The van der Waals surface area contributed by atoms with E-state index in [1.807, 2.05) is 0 Å². The van der Waals surface area contributed by atoms with Crippen molar-refractivity contribution in [2.75, 3.05) is 0 Å². The Balaban J connectivity index is 3.17. The number of carbonyl (C=O) groups is 1. The lowest BCUT2D eigenvalue weighted by Crippen LogP contribution is -2.34. The van der Waals surface area contributed by atoms with Gasteiger partial charge in [-0.2, -0.15) is 0 Å². The van der Waals surface area contributed by atoms with E-state index in [1.165, 1.54) is 12.3 Å². The van der Waals surface area contributed by atoms with Crippen molar-refractivity contribution in [3.63, 3.8) is 0 Å². The first kappa shape index (κ1) is 8.70. The molecule has 12 heavy (non-hydrogen) atoms. The molecule has 1 rings (SSSR count). The molecule has 0 saturated carbocycles. The van der Waals surface area contributed by atoms with E-state index in [-0.39, 0.29) is 11.0 Å². The molecule has 0 atom stereocenters. The van der Waals surface area contributed by atoms with E-state index < -0.39 is 13.1 Å². The van der Waals surface area contributed by atoms with Crippen LogP contribution < -0.4 is 5.46 Å². The van der Waals surface area contributed by atoms with Gasteiger partial charge in [0.15, 0.2) is 0 Å². The monoisotopic (exact) mass is 167 g/mol. The summed E-state index contributed by atoms with van der Waals surface area (Å²) in [5.74, 6) is -1.21. The number of hydrogen-bond acceptors (Lipinski definition) is 4. The Morgan fingerprint density at radius 2 is 2.17 bits per heavy atom. The summed E-state index contributed by atoms with van der Waals surface area (Å²) in [6.07, 6.45) is 2.38. The molecule has 62 valence electrons. The summed E-state index contributed by atoms with van der Waals surface area (Å²) >= 11 is 0. The van der Waals surface area contributed by atoms with Crippen LogP contribution in [0.1, 0.15) is 10.4 Å². The van der Waals surface area contributed by atoms with Gasteiger partial charge >= 0.3 is 13.1 Å². The van der Waals surface area contributed by atoms with Gasteiger partial charge in [0.05, 0.1) is 5.56 Å². The lowest BCUT2D eigenvalue weighted by molar-refractivity contribution is 0.0697. The van der Waals surface area contributed by atoms with Crippen LogP contribution in [0.15, 0.2) is 18.5 Å². The number of aromatic carboxylic acids is 1. The van der Waals surface area contributed by atoms with Crippen molar-refractivity contribution in [2.24, 2.45) is 0 Å². The first-order chi connectivity index (χ1) is 5.63. The molecule has 0 aliphatic rings. The number of nitrogens with zero attached hydrogens (tertiary/aromatic N) is 1. The van der Waals surface area contributed by atoms with Gasteiger partial charge < -0.3 is 15.2 Å². The molecule has 0 amide bonds. The maximum atomic E-state index is 10.5. The van der Waals surface area contributed by atoms with Crippen molar-refractivity contribution in [3.8, 4) is 0 Å². The minimum Gasteiger partial charge on any atom is -0.478 e. The summed E-state index contributed by atoms with van der Waals surface area (Å²) in [7, 11) is -1.80. The molecule has 6 heteroatoms. The highest BCUT2D eigenvalue weighted by molar-refractivity contribution is 6.60. The second-order valence-electron chi connectivity index (χ2n) is 2.14. The molecule has 0 aliphatic carbocycles. The number of carboxylic acid groups (broad SMARTS) is 1. The zero-order valence-corrected chi connectivity index (χ0v) is 6.01. The lowest BCUT2D eigenvalue weighted by Gasteiger charge is -2.01. The molecule has 1 aromatic rings. The van der Waals surface area contributed by atoms with Crippen LogP contribution in [0.2, 0.25) is 0 Å². The van der Waals surface area contributed by atoms with E-state index in [4.69, 9.17) is 15.2 Å². The van der Waals surface area contributed by atoms with Crippen LogP contribution in [-0.4, -0.2) is 33.2 Å². The van der Waals surface area contributed by atoms with Gasteiger partial charge in [-0.05, 0) is 6.07 Å². The lowest BCUT2D eigenvalue weighted by atomic mass is 9.78. The first-order valence-electron chi connectivity index (χ1n) is 3.16. The van der Waals surface area contributed by atoms with Gasteiger partial charge in [-0.15, -0.1) is 0 Å². The molecule has 1 aromatic heterocycles. The highest BCUT2D eigenvalue weighted by Gasteiger charge is 2.19. The van der Waals surface area contributed by atoms with E-state index >= 15 is 0 Å². The predicted molar refractivity (Wildman–Crippen MR) is 41.0 cm³/mol. The molecular formula is C6H6BNO4. The van der Waals surface area contributed by atoms with Gasteiger partial charge in [-0.3, -0.25) is 4.98 Å². The van der Waals surface area contributed by atoms with Crippen LogP contribution >= 0.6 is 0 Å². The highest BCUT2D eigenvalue weighted by Crippen LogP contribution is 1.93.